The molecule has 0 saturated carbocycles. The second-order valence-corrected chi connectivity index (χ2v) is 21.6. The van der Waals surface area contributed by atoms with Gasteiger partial charge in [0.15, 0.2) is 6.10 Å². The van der Waals surface area contributed by atoms with Crippen LogP contribution in [0.25, 0.3) is 0 Å². The minimum Gasteiger partial charge on any atom is -0.462 e. The molecule has 1 atom stereocenters. The van der Waals surface area contributed by atoms with Crippen molar-refractivity contribution in [2.75, 3.05) is 13.2 Å². The Hall–Kier alpha value is -4.19. The Morgan fingerprint density at radius 2 is 0.506 bits per heavy atom. The molecule has 0 aliphatic heterocycles. The molecule has 0 aliphatic carbocycles. The van der Waals surface area contributed by atoms with Gasteiger partial charge in [0.05, 0.1) is 0 Å². The van der Waals surface area contributed by atoms with Crippen molar-refractivity contribution in [3.05, 3.63) is 122 Å². The Labute approximate surface area is 488 Å². The van der Waals surface area contributed by atoms with Crippen LogP contribution < -0.4 is 0 Å². The molecule has 0 heterocycles. The number of rotatable bonds is 59. The van der Waals surface area contributed by atoms with E-state index in [1.54, 1.807) is 0 Å². The Morgan fingerprint density at radius 1 is 0.266 bits per heavy atom. The molecular weight excluding hydrogens is 973 g/mol. The third kappa shape index (κ3) is 64.5. The Morgan fingerprint density at radius 3 is 0.823 bits per heavy atom. The van der Waals surface area contributed by atoms with E-state index in [1.165, 1.54) is 141 Å². The molecule has 6 nitrogen and oxygen atoms in total. The van der Waals surface area contributed by atoms with Crippen molar-refractivity contribution in [3.63, 3.8) is 0 Å². The molecule has 0 aromatic rings. The summed E-state index contributed by atoms with van der Waals surface area (Å²) in [7, 11) is 0. The molecule has 0 fully saturated rings. The number of esters is 3. The number of carbonyl (C=O) groups excluding carboxylic acids is 3. The van der Waals surface area contributed by atoms with Crippen molar-refractivity contribution < 1.29 is 28.6 Å². The third-order valence-corrected chi connectivity index (χ3v) is 14.0. The number of carbonyl (C=O) groups is 3. The number of hydrogen-bond acceptors (Lipinski definition) is 6. The van der Waals surface area contributed by atoms with Gasteiger partial charge < -0.3 is 14.2 Å². The van der Waals surface area contributed by atoms with E-state index < -0.39 is 6.10 Å². The van der Waals surface area contributed by atoms with Gasteiger partial charge in [0.2, 0.25) is 0 Å². The lowest BCUT2D eigenvalue weighted by atomic mass is 10.0. The number of allylic oxidation sites excluding steroid dienone is 20. The van der Waals surface area contributed by atoms with Crippen LogP contribution >= 0.6 is 0 Å². The number of unbranched alkanes of at least 4 members (excludes halogenated alkanes) is 28. The number of hydrogen-bond donors (Lipinski definition) is 0. The SMILES string of the molecule is CC/C=C\C/C=C\C/C=C\C/C=C\C/C=C\C/C=C\C/C=C\CCCC(=O)OCC(COC(=O)CCCCCCCCC/C=C\C/C=C\C/C=C\CC)OC(=O)CCCCCCCCCCCCCCCCCCCCCCC. The van der Waals surface area contributed by atoms with E-state index >= 15 is 0 Å². The Balaban J connectivity index is 4.48. The Bertz CT molecular complexity index is 1640. The molecule has 0 aromatic carbocycles. The summed E-state index contributed by atoms with van der Waals surface area (Å²) in [6, 6.07) is 0. The van der Waals surface area contributed by atoms with Crippen molar-refractivity contribution >= 4 is 17.9 Å². The van der Waals surface area contributed by atoms with Crippen LogP contribution in [-0.2, 0) is 28.6 Å². The third-order valence-electron chi connectivity index (χ3n) is 14.0. The molecule has 0 aliphatic rings. The van der Waals surface area contributed by atoms with Gasteiger partial charge in [0.25, 0.3) is 0 Å². The Kier molecular flexibility index (Phi) is 62.8. The molecule has 0 spiro atoms. The van der Waals surface area contributed by atoms with Crippen LogP contribution in [0, 0.1) is 0 Å². The van der Waals surface area contributed by atoms with E-state index in [2.05, 4.69) is 142 Å². The summed E-state index contributed by atoms with van der Waals surface area (Å²) in [5.74, 6) is -0.963. The zero-order chi connectivity index (χ0) is 57.1. The summed E-state index contributed by atoms with van der Waals surface area (Å²) < 4.78 is 16.9. The highest BCUT2D eigenvalue weighted by atomic mass is 16.6. The number of ether oxygens (including phenoxy) is 3. The van der Waals surface area contributed by atoms with Gasteiger partial charge in [0.1, 0.15) is 13.2 Å². The standard InChI is InChI=1S/C73H122O6/c1-4-7-10-13-16-19-22-25-28-31-33-35-36-38-39-42-45-48-51-54-57-60-63-66-72(75)78-69-70(68-77-71(74)65-62-59-56-53-50-47-44-41-30-27-24-21-18-15-12-9-6-3)79-73(76)67-64-61-58-55-52-49-46-43-40-37-34-32-29-26-23-20-17-14-11-8-5-2/h7,9-10,12,16,18-19,21,25,27-28,30,33,35,38-39,45,48,54,57,70H,4-6,8,11,13-15,17,20,22-24,26,29,31-32,34,36-37,40-44,46-47,49-53,55-56,58-69H2,1-3H3/b10-7-,12-9-,19-16-,21-18-,28-25-,30-27-,35-33-,39-38-,48-45-,57-54-. The zero-order valence-electron chi connectivity index (χ0n) is 51.6. The molecule has 0 N–H and O–H groups in total. The summed E-state index contributed by atoms with van der Waals surface area (Å²) in [6.45, 7) is 6.39. The van der Waals surface area contributed by atoms with Gasteiger partial charge >= 0.3 is 17.9 Å². The highest BCUT2D eigenvalue weighted by molar-refractivity contribution is 5.71. The van der Waals surface area contributed by atoms with Crippen molar-refractivity contribution in [2.45, 2.75) is 309 Å². The molecular formula is C73H122O6. The fourth-order valence-electron chi connectivity index (χ4n) is 9.10. The summed E-state index contributed by atoms with van der Waals surface area (Å²) in [6.07, 6.45) is 92.1. The van der Waals surface area contributed by atoms with Crippen LogP contribution in [0.2, 0.25) is 0 Å². The van der Waals surface area contributed by atoms with Gasteiger partial charge in [-0.1, -0.05) is 303 Å². The fourth-order valence-corrected chi connectivity index (χ4v) is 9.10. The lowest BCUT2D eigenvalue weighted by Crippen LogP contribution is -2.30. The van der Waals surface area contributed by atoms with Gasteiger partial charge in [-0.25, -0.2) is 0 Å². The molecule has 79 heavy (non-hydrogen) atoms. The van der Waals surface area contributed by atoms with Crippen molar-refractivity contribution in [1.29, 1.82) is 0 Å². The van der Waals surface area contributed by atoms with Gasteiger partial charge in [-0.3, -0.25) is 14.4 Å². The van der Waals surface area contributed by atoms with Crippen LogP contribution in [0.3, 0.4) is 0 Å². The first kappa shape index (κ1) is 74.8. The van der Waals surface area contributed by atoms with Crippen LogP contribution in [0.1, 0.15) is 303 Å². The van der Waals surface area contributed by atoms with E-state index in [0.29, 0.717) is 19.3 Å². The van der Waals surface area contributed by atoms with Crippen LogP contribution in [-0.4, -0.2) is 37.2 Å². The maximum absolute atomic E-state index is 12.9. The maximum Gasteiger partial charge on any atom is 0.306 e. The van der Waals surface area contributed by atoms with E-state index in [1.807, 2.05) is 0 Å². The first-order valence-electron chi connectivity index (χ1n) is 33.0. The minimum absolute atomic E-state index is 0.102. The summed E-state index contributed by atoms with van der Waals surface area (Å²) in [5, 5.41) is 0. The molecule has 6 heteroatoms. The van der Waals surface area contributed by atoms with Crippen LogP contribution in [0.4, 0.5) is 0 Å². The van der Waals surface area contributed by atoms with Crippen LogP contribution in [0.15, 0.2) is 122 Å². The summed E-state index contributed by atoms with van der Waals surface area (Å²) in [4.78, 5) is 38.4. The first-order chi connectivity index (χ1) is 39.0. The summed E-state index contributed by atoms with van der Waals surface area (Å²) in [5.41, 5.74) is 0. The van der Waals surface area contributed by atoms with Crippen molar-refractivity contribution in [1.82, 2.24) is 0 Å². The maximum atomic E-state index is 12.9. The lowest BCUT2D eigenvalue weighted by molar-refractivity contribution is -0.167. The van der Waals surface area contributed by atoms with Crippen molar-refractivity contribution in [3.8, 4) is 0 Å². The molecule has 1 unspecified atom stereocenters. The fraction of sp³-hybridized carbons (Fsp3) is 0.685. The molecule has 0 rings (SSSR count). The van der Waals surface area contributed by atoms with E-state index in [9.17, 15) is 14.4 Å². The molecule has 0 radical (unpaired) electrons. The van der Waals surface area contributed by atoms with Gasteiger partial charge in [-0.2, -0.15) is 0 Å². The first-order valence-corrected chi connectivity index (χ1v) is 33.0. The zero-order valence-corrected chi connectivity index (χ0v) is 51.6. The van der Waals surface area contributed by atoms with Gasteiger partial charge in [-0.05, 0) is 103 Å². The smallest absolute Gasteiger partial charge is 0.306 e. The second-order valence-electron chi connectivity index (χ2n) is 21.6. The average molecular weight is 1100 g/mol. The summed E-state index contributed by atoms with van der Waals surface area (Å²) >= 11 is 0. The van der Waals surface area contributed by atoms with Gasteiger partial charge in [0, 0.05) is 19.3 Å². The van der Waals surface area contributed by atoms with E-state index in [4.69, 9.17) is 14.2 Å². The molecule has 0 saturated heterocycles. The highest BCUT2D eigenvalue weighted by Crippen LogP contribution is 2.17. The topological polar surface area (TPSA) is 78.9 Å². The predicted octanol–water partition coefficient (Wildman–Crippen LogP) is 22.8. The molecule has 0 amide bonds. The minimum atomic E-state index is -0.809. The van der Waals surface area contributed by atoms with Crippen molar-refractivity contribution in [2.24, 2.45) is 0 Å². The largest absolute Gasteiger partial charge is 0.462 e. The van der Waals surface area contributed by atoms with E-state index in [-0.39, 0.29) is 37.5 Å². The van der Waals surface area contributed by atoms with E-state index in [0.717, 1.165) is 116 Å². The van der Waals surface area contributed by atoms with Crippen LogP contribution in [0.5, 0.6) is 0 Å². The molecule has 0 aromatic heterocycles. The monoisotopic (exact) mass is 1090 g/mol. The van der Waals surface area contributed by atoms with Gasteiger partial charge in [-0.15, -0.1) is 0 Å². The normalized spacial score (nSPS) is 12.9. The lowest BCUT2D eigenvalue weighted by Gasteiger charge is -2.18. The molecule has 450 valence electrons. The highest BCUT2D eigenvalue weighted by Gasteiger charge is 2.19. The quantitative estimate of drug-likeness (QED) is 0.0261. The second kappa shape index (κ2) is 66.3. The predicted molar refractivity (Wildman–Crippen MR) is 343 cm³/mol. The molecule has 0 bridgehead atoms. The average Bonchev–Trinajstić information content (AvgIpc) is 3.45.